The van der Waals surface area contributed by atoms with Crippen LogP contribution >= 0.6 is 12.4 Å². The molecule has 1 saturated heterocycles. The van der Waals surface area contributed by atoms with E-state index in [2.05, 4.69) is 23.5 Å². The summed E-state index contributed by atoms with van der Waals surface area (Å²) in [6, 6.07) is 8.56. The predicted octanol–water partition coefficient (Wildman–Crippen LogP) is 2.91. The van der Waals surface area contributed by atoms with Gasteiger partial charge in [0.15, 0.2) is 0 Å². The van der Waals surface area contributed by atoms with Gasteiger partial charge in [-0.15, -0.1) is 12.4 Å². The second kappa shape index (κ2) is 5.94. The lowest BCUT2D eigenvalue weighted by Crippen LogP contribution is -2.17. The molecule has 0 radical (unpaired) electrons. The second-order valence-electron chi connectivity index (χ2n) is 5.48. The molecule has 1 aliphatic carbocycles. The lowest BCUT2D eigenvalue weighted by Gasteiger charge is -2.18. The molecule has 1 heterocycles. The number of benzene rings is 1. The Balaban J connectivity index is 0.00000120. The predicted molar refractivity (Wildman–Crippen MR) is 76.5 cm³/mol. The Kier molecular flexibility index (Phi) is 4.52. The van der Waals surface area contributed by atoms with E-state index in [0.717, 1.165) is 23.5 Å². The first-order chi connectivity index (χ1) is 8.36. The van der Waals surface area contributed by atoms with E-state index in [1.165, 1.54) is 37.9 Å². The van der Waals surface area contributed by atoms with Gasteiger partial charge in [-0.05, 0) is 67.8 Å². The topological polar surface area (TPSA) is 21.3 Å². The van der Waals surface area contributed by atoms with Crippen LogP contribution in [-0.2, 0) is 6.42 Å². The Morgan fingerprint density at radius 2 is 2.17 bits per heavy atom. The third-order valence-corrected chi connectivity index (χ3v) is 4.54. The molecule has 0 amide bonds. The highest BCUT2D eigenvalue weighted by molar-refractivity contribution is 5.85. The average Bonchev–Trinajstić information content (AvgIpc) is 2.94. The molecule has 1 saturated carbocycles. The van der Waals surface area contributed by atoms with Gasteiger partial charge in [-0.1, -0.05) is 12.1 Å². The van der Waals surface area contributed by atoms with Gasteiger partial charge in [-0.25, -0.2) is 0 Å². The van der Waals surface area contributed by atoms with E-state index >= 15 is 0 Å². The molecule has 1 aromatic carbocycles. The van der Waals surface area contributed by atoms with E-state index in [-0.39, 0.29) is 12.4 Å². The quantitative estimate of drug-likeness (QED) is 0.909. The van der Waals surface area contributed by atoms with Gasteiger partial charge in [0.2, 0.25) is 0 Å². The van der Waals surface area contributed by atoms with E-state index in [4.69, 9.17) is 4.74 Å². The molecule has 0 bridgehead atoms. The van der Waals surface area contributed by atoms with E-state index in [0.29, 0.717) is 0 Å². The molecular formula is C15H22ClNO. The average molecular weight is 268 g/mol. The Bertz CT molecular complexity index is 396. The fraction of sp³-hybridized carbons (Fsp3) is 0.600. The van der Waals surface area contributed by atoms with Crippen LogP contribution in [0.2, 0.25) is 0 Å². The Hall–Kier alpha value is -0.730. The molecule has 2 fully saturated rings. The Morgan fingerprint density at radius 1 is 1.28 bits per heavy atom. The first kappa shape index (κ1) is 13.7. The number of methoxy groups -OCH3 is 1. The fourth-order valence-electron chi connectivity index (χ4n) is 3.62. The molecule has 0 aromatic heterocycles. The zero-order valence-corrected chi connectivity index (χ0v) is 11.7. The zero-order valence-electron chi connectivity index (χ0n) is 10.9. The summed E-state index contributed by atoms with van der Waals surface area (Å²) in [6.07, 6.45) is 4.06. The maximum absolute atomic E-state index is 5.29. The van der Waals surface area contributed by atoms with Crippen molar-refractivity contribution in [2.75, 3.05) is 20.2 Å². The highest BCUT2D eigenvalue weighted by Crippen LogP contribution is 2.41. The van der Waals surface area contributed by atoms with Crippen LogP contribution in [0.1, 0.15) is 18.4 Å². The normalized spacial score (nSPS) is 29.7. The van der Waals surface area contributed by atoms with Crippen molar-refractivity contribution in [3.05, 3.63) is 29.8 Å². The van der Waals surface area contributed by atoms with Crippen LogP contribution < -0.4 is 10.1 Å². The smallest absolute Gasteiger partial charge is 0.119 e. The third kappa shape index (κ3) is 2.65. The second-order valence-corrected chi connectivity index (χ2v) is 5.48. The van der Waals surface area contributed by atoms with Crippen LogP contribution in [0.5, 0.6) is 5.75 Å². The summed E-state index contributed by atoms with van der Waals surface area (Å²) in [5.74, 6) is 3.73. The lowest BCUT2D eigenvalue weighted by atomic mass is 9.87. The van der Waals surface area contributed by atoms with Gasteiger partial charge in [-0.3, -0.25) is 0 Å². The van der Waals surface area contributed by atoms with Crippen LogP contribution in [-0.4, -0.2) is 20.2 Å². The van der Waals surface area contributed by atoms with Gasteiger partial charge in [0.25, 0.3) is 0 Å². The van der Waals surface area contributed by atoms with Crippen molar-refractivity contribution in [2.45, 2.75) is 19.3 Å². The van der Waals surface area contributed by atoms with E-state index in [1.807, 2.05) is 6.07 Å². The van der Waals surface area contributed by atoms with Crippen molar-refractivity contribution in [1.29, 1.82) is 0 Å². The van der Waals surface area contributed by atoms with Gasteiger partial charge in [0.1, 0.15) is 5.75 Å². The molecule has 1 aliphatic heterocycles. The molecule has 100 valence electrons. The van der Waals surface area contributed by atoms with Crippen LogP contribution in [0.3, 0.4) is 0 Å². The summed E-state index contributed by atoms with van der Waals surface area (Å²) >= 11 is 0. The molecule has 3 unspecified atom stereocenters. The summed E-state index contributed by atoms with van der Waals surface area (Å²) in [6.45, 7) is 2.48. The summed E-state index contributed by atoms with van der Waals surface area (Å²) < 4.78 is 5.29. The third-order valence-electron chi connectivity index (χ3n) is 4.54. The van der Waals surface area contributed by atoms with Gasteiger partial charge in [0.05, 0.1) is 7.11 Å². The van der Waals surface area contributed by atoms with Crippen LogP contribution in [0, 0.1) is 17.8 Å². The zero-order chi connectivity index (χ0) is 11.7. The van der Waals surface area contributed by atoms with Gasteiger partial charge in [-0.2, -0.15) is 0 Å². The minimum Gasteiger partial charge on any atom is -0.497 e. The molecule has 2 aliphatic rings. The lowest BCUT2D eigenvalue weighted by molar-refractivity contribution is 0.373. The largest absolute Gasteiger partial charge is 0.497 e. The van der Waals surface area contributed by atoms with Gasteiger partial charge in [0, 0.05) is 0 Å². The molecular weight excluding hydrogens is 246 g/mol. The van der Waals surface area contributed by atoms with Gasteiger partial charge >= 0.3 is 0 Å². The van der Waals surface area contributed by atoms with E-state index < -0.39 is 0 Å². The number of hydrogen-bond acceptors (Lipinski definition) is 2. The molecule has 1 N–H and O–H groups in total. The Morgan fingerprint density at radius 3 is 3.00 bits per heavy atom. The molecule has 18 heavy (non-hydrogen) atoms. The highest BCUT2D eigenvalue weighted by Gasteiger charge is 2.38. The van der Waals surface area contributed by atoms with Crippen LogP contribution in [0.4, 0.5) is 0 Å². The maximum Gasteiger partial charge on any atom is 0.119 e. The molecule has 1 aromatic rings. The standard InChI is InChI=1S/C15H21NO.ClH/c1-17-14-4-2-3-11(8-14)7-12-5-6-13-9-16-10-15(12)13;/h2-4,8,12-13,15-16H,5-7,9-10H2,1H3;1H. The number of halogens is 1. The molecule has 2 nitrogen and oxygen atoms in total. The molecule has 3 rings (SSSR count). The van der Waals surface area contributed by atoms with Crippen molar-refractivity contribution < 1.29 is 4.74 Å². The summed E-state index contributed by atoms with van der Waals surface area (Å²) in [5, 5.41) is 3.54. The number of ether oxygens (including phenoxy) is 1. The monoisotopic (exact) mass is 267 g/mol. The molecule has 0 spiro atoms. The van der Waals surface area contributed by atoms with Crippen LogP contribution in [0.15, 0.2) is 24.3 Å². The number of fused-ring (bicyclic) bond motifs is 1. The Labute approximate surface area is 116 Å². The van der Waals surface area contributed by atoms with Crippen LogP contribution in [0.25, 0.3) is 0 Å². The minimum atomic E-state index is 0. The van der Waals surface area contributed by atoms with E-state index in [9.17, 15) is 0 Å². The fourth-order valence-corrected chi connectivity index (χ4v) is 3.62. The summed E-state index contributed by atoms with van der Waals surface area (Å²) in [4.78, 5) is 0. The van der Waals surface area contributed by atoms with Crippen molar-refractivity contribution >= 4 is 12.4 Å². The first-order valence-electron chi connectivity index (χ1n) is 6.70. The summed E-state index contributed by atoms with van der Waals surface area (Å²) in [5.41, 5.74) is 1.43. The van der Waals surface area contributed by atoms with Crippen molar-refractivity contribution in [3.8, 4) is 5.75 Å². The van der Waals surface area contributed by atoms with Gasteiger partial charge < -0.3 is 10.1 Å². The first-order valence-corrected chi connectivity index (χ1v) is 6.70. The minimum absolute atomic E-state index is 0. The van der Waals surface area contributed by atoms with Crippen molar-refractivity contribution in [1.82, 2.24) is 5.32 Å². The van der Waals surface area contributed by atoms with E-state index in [1.54, 1.807) is 7.11 Å². The number of rotatable bonds is 3. The summed E-state index contributed by atoms with van der Waals surface area (Å²) in [7, 11) is 1.74. The van der Waals surface area contributed by atoms with Crippen molar-refractivity contribution in [3.63, 3.8) is 0 Å². The molecule has 3 atom stereocenters. The number of hydrogen-bond donors (Lipinski definition) is 1. The SMILES string of the molecule is COc1cccc(CC2CCC3CNCC32)c1.Cl. The molecule has 3 heteroatoms. The highest BCUT2D eigenvalue weighted by atomic mass is 35.5. The maximum atomic E-state index is 5.29. The number of nitrogens with one attached hydrogen (secondary N) is 1. The van der Waals surface area contributed by atoms with Crippen molar-refractivity contribution in [2.24, 2.45) is 17.8 Å².